The van der Waals surface area contributed by atoms with Crippen molar-refractivity contribution in [1.82, 2.24) is 9.78 Å². The number of primary amides is 1. The Morgan fingerprint density at radius 3 is 2.30 bits per heavy atom. The lowest BCUT2D eigenvalue weighted by molar-refractivity contribution is -0.384. The van der Waals surface area contributed by atoms with Crippen LogP contribution in [-0.2, 0) is 4.79 Å². The Bertz CT molecular complexity index is 521. The van der Waals surface area contributed by atoms with Crippen molar-refractivity contribution in [3.05, 3.63) is 15.8 Å². The SMILES string of the molecule is Cc1nn(C(C)C)c(NC(C(N)=O)C(C)C)c1[N+](=O)[O-]. The standard InChI is InChI=1S/C12H21N5O3/c1-6(2)9(11(13)18)14-12-10(17(19)20)8(5)15-16(12)7(3)4/h6-7,9,14H,1-5H3,(H2,13,18). The van der Waals surface area contributed by atoms with Crippen LogP contribution in [0.5, 0.6) is 0 Å². The number of nitrogens with two attached hydrogens (primary N) is 1. The largest absolute Gasteiger partial charge is 0.368 e. The zero-order valence-electron chi connectivity index (χ0n) is 12.4. The minimum atomic E-state index is -0.692. The van der Waals surface area contributed by atoms with Crippen LogP contribution in [0.2, 0.25) is 0 Å². The summed E-state index contributed by atoms with van der Waals surface area (Å²) in [5.74, 6) is -0.425. The first-order valence-electron chi connectivity index (χ1n) is 6.46. The zero-order chi connectivity index (χ0) is 15.6. The molecule has 0 saturated carbocycles. The molecule has 0 spiro atoms. The molecular weight excluding hydrogens is 262 g/mol. The molecule has 0 fully saturated rings. The lowest BCUT2D eigenvalue weighted by Crippen LogP contribution is -2.40. The van der Waals surface area contributed by atoms with E-state index < -0.39 is 16.9 Å². The van der Waals surface area contributed by atoms with E-state index in [9.17, 15) is 14.9 Å². The van der Waals surface area contributed by atoms with Gasteiger partial charge in [0.25, 0.3) is 0 Å². The maximum atomic E-state index is 11.5. The van der Waals surface area contributed by atoms with Gasteiger partial charge < -0.3 is 11.1 Å². The zero-order valence-corrected chi connectivity index (χ0v) is 12.4. The lowest BCUT2D eigenvalue weighted by atomic mass is 10.0. The Labute approximate surface area is 117 Å². The molecule has 8 heteroatoms. The molecule has 1 unspecified atom stereocenters. The Kier molecular flexibility index (Phi) is 4.69. The molecule has 1 aromatic rings. The fourth-order valence-corrected chi connectivity index (χ4v) is 1.98. The molecule has 0 aliphatic heterocycles. The first kappa shape index (κ1) is 15.9. The van der Waals surface area contributed by atoms with E-state index in [0.717, 1.165) is 0 Å². The van der Waals surface area contributed by atoms with Crippen LogP contribution in [0.4, 0.5) is 11.5 Å². The molecule has 0 aliphatic rings. The number of nitrogens with zero attached hydrogens (tertiary/aromatic N) is 3. The molecular formula is C12H21N5O3. The van der Waals surface area contributed by atoms with E-state index in [1.807, 2.05) is 27.7 Å². The molecule has 1 amide bonds. The third-order valence-corrected chi connectivity index (χ3v) is 2.99. The van der Waals surface area contributed by atoms with Gasteiger partial charge in [-0.15, -0.1) is 0 Å². The van der Waals surface area contributed by atoms with Gasteiger partial charge in [0, 0.05) is 6.04 Å². The second-order valence-electron chi connectivity index (χ2n) is 5.35. The van der Waals surface area contributed by atoms with Gasteiger partial charge in [-0.05, 0) is 26.7 Å². The quantitative estimate of drug-likeness (QED) is 0.607. The highest BCUT2D eigenvalue weighted by Gasteiger charge is 2.30. The van der Waals surface area contributed by atoms with Gasteiger partial charge in [0.05, 0.1) is 4.92 Å². The highest BCUT2D eigenvalue weighted by molar-refractivity contribution is 5.84. The number of amides is 1. The fraction of sp³-hybridized carbons (Fsp3) is 0.667. The number of aromatic nitrogens is 2. The second kappa shape index (κ2) is 5.89. The number of nitro groups is 1. The molecule has 1 heterocycles. The lowest BCUT2D eigenvalue weighted by Gasteiger charge is -2.21. The van der Waals surface area contributed by atoms with Gasteiger partial charge in [0.15, 0.2) is 0 Å². The van der Waals surface area contributed by atoms with Crippen molar-refractivity contribution in [1.29, 1.82) is 0 Å². The summed E-state index contributed by atoms with van der Waals surface area (Å²) in [4.78, 5) is 22.2. The topological polar surface area (TPSA) is 116 Å². The van der Waals surface area contributed by atoms with Gasteiger partial charge in [-0.1, -0.05) is 13.8 Å². The summed E-state index contributed by atoms with van der Waals surface area (Å²) in [6, 6.07) is -0.770. The summed E-state index contributed by atoms with van der Waals surface area (Å²) in [7, 11) is 0. The van der Waals surface area contributed by atoms with Crippen LogP contribution >= 0.6 is 0 Å². The van der Waals surface area contributed by atoms with Crippen molar-refractivity contribution < 1.29 is 9.72 Å². The highest BCUT2D eigenvalue weighted by Crippen LogP contribution is 2.31. The van der Waals surface area contributed by atoms with Gasteiger partial charge in [-0.25, -0.2) is 4.68 Å². The Hall–Kier alpha value is -2.12. The normalized spacial score (nSPS) is 12.8. The molecule has 20 heavy (non-hydrogen) atoms. The summed E-state index contributed by atoms with van der Waals surface area (Å²) in [5.41, 5.74) is 5.53. The van der Waals surface area contributed by atoms with Crippen molar-refractivity contribution in [3.63, 3.8) is 0 Å². The number of hydrogen-bond donors (Lipinski definition) is 2. The van der Waals surface area contributed by atoms with Gasteiger partial charge >= 0.3 is 5.69 Å². The molecule has 0 saturated heterocycles. The molecule has 112 valence electrons. The average Bonchev–Trinajstić information content (AvgIpc) is 2.62. The minimum Gasteiger partial charge on any atom is -0.368 e. The molecule has 8 nitrogen and oxygen atoms in total. The maximum Gasteiger partial charge on any atom is 0.333 e. The van der Waals surface area contributed by atoms with Crippen LogP contribution in [0, 0.1) is 23.0 Å². The summed E-state index contributed by atoms with van der Waals surface area (Å²) in [6.07, 6.45) is 0. The second-order valence-corrected chi connectivity index (χ2v) is 5.35. The number of carbonyl (C=O) groups is 1. The van der Waals surface area contributed by atoms with Crippen molar-refractivity contribution in [2.45, 2.75) is 46.7 Å². The van der Waals surface area contributed by atoms with Gasteiger partial charge in [0.1, 0.15) is 11.7 Å². The van der Waals surface area contributed by atoms with E-state index in [0.29, 0.717) is 5.69 Å². The van der Waals surface area contributed by atoms with Crippen molar-refractivity contribution in [2.24, 2.45) is 11.7 Å². The number of hydrogen-bond acceptors (Lipinski definition) is 5. The highest BCUT2D eigenvalue weighted by atomic mass is 16.6. The minimum absolute atomic E-state index is 0.0782. The van der Waals surface area contributed by atoms with Crippen LogP contribution in [0.3, 0.4) is 0 Å². The smallest absolute Gasteiger partial charge is 0.333 e. The Balaban J connectivity index is 3.33. The third kappa shape index (κ3) is 3.06. The average molecular weight is 283 g/mol. The first-order chi connectivity index (χ1) is 9.16. The van der Waals surface area contributed by atoms with Gasteiger partial charge in [0.2, 0.25) is 11.7 Å². The van der Waals surface area contributed by atoms with E-state index in [1.54, 1.807) is 6.92 Å². The summed E-state index contributed by atoms with van der Waals surface area (Å²) in [5, 5.41) is 18.2. The summed E-state index contributed by atoms with van der Waals surface area (Å²) < 4.78 is 1.51. The van der Waals surface area contributed by atoms with E-state index in [1.165, 1.54) is 4.68 Å². The number of nitrogens with one attached hydrogen (secondary N) is 1. The van der Waals surface area contributed by atoms with E-state index in [4.69, 9.17) is 5.73 Å². The van der Waals surface area contributed by atoms with E-state index >= 15 is 0 Å². The van der Waals surface area contributed by atoms with Crippen LogP contribution in [-0.4, -0.2) is 26.7 Å². The van der Waals surface area contributed by atoms with Crippen LogP contribution in [0.15, 0.2) is 0 Å². The fourth-order valence-electron chi connectivity index (χ4n) is 1.98. The van der Waals surface area contributed by atoms with Crippen molar-refractivity contribution >= 4 is 17.4 Å². The van der Waals surface area contributed by atoms with Crippen molar-refractivity contribution in [3.8, 4) is 0 Å². The van der Waals surface area contributed by atoms with Gasteiger partial charge in [-0.2, -0.15) is 5.10 Å². The molecule has 1 aromatic heterocycles. The molecule has 0 aromatic carbocycles. The predicted molar refractivity (Wildman–Crippen MR) is 75.4 cm³/mol. The summed E-state index contributed by atoms with van der Waals surface area (Å²) >= 11 is 0. The van der Waals surface area contributed by atoms with Gasteiger partial charge in [-0.3, -0.25) is 14.9 Å². The van der Waals surface area contributed by atoms with Crippen LogP contribution in [0.25, 0.3) is 0 Å². The molecule has 1 atom stereocenters. The molecule has 0 aliphatic carbocycles. The maximum absolute atomic E-state index is 11.5. The van der Waals surface area contributed by atoms with Crippen molar-refractivity contribution in [2.75, 3.05) is 5.32 Å². The molecule has 0 bridgehead atoms. The third-order valence-electron chi connectivity index (χ3n) is 2.99. The molecule has 1 rings (SSSR count). The Morgan fingerprint density at radius 1 is 1.40 bits per heavy atom. The number of carbonyl (C=O) groups excluding carboxylic acids is 1. The predicted octanol–water partition coefficient (Wildman–Crippen LogP) is 1.60. The summed E-state index contributed by atoms with van der Waals surface area (Å²) in [6.45, 7) is 8.91. The van der Waals surface area contributed by atoms with Crippen LogP contribution < -0.4 is 11.1 Å². The molecule has 0 radical (unpaired) electrons. The molecule has 3 N–H and O–H groups in total. The first-order valence-corrected chi connectivity index (χ1v) is 6.46. The van der Waals surface area contributed by atoms with E-state index in [2.05, 4.69) is 10.4 Å². The monoisotopic (exact) mass is 283 g/mol. The van der Waals surface area contributed by atoms with E-state index in [-0.39, 0.29) is 23.5 Å². The Morgan fingerprint density at radius 2 is 1.95 bits per heavy atom. The number of rotatable bonds is 6. The number of aryl methyl sites for hydroxylation is 1. The van der Waals surface area contributed by atoms with Crippen LogP contribution in [0.1, 0.15) is 39.4 Å². The number of anilines is 1.